The molecular weight excluding hydrogens is 532 g/mol. The fourth-order valence-electron chi connectivity index (χ4n) is 2.74. The summed E-state index contributed by atoms with van der Waals surface area (Å²) in [6, 6.07) is 13.7. The van der Waals surface area contributed by atoms with Crippen LogP contribution in [0.15, 0.2) is 61.9 Å². The fraction of sp³-hybridized carbons (Fsp3) is 0.227. The Kier molecular flexibility index (Phi) is 6.86. The van der Waals surface area contributed by atoms with Crippen molar-refractivity contribution >= 4 is 49.1 Å². The molecule has 0 aliphatic carbocycles. The summed E-state index contributed by atoms with van der Waals surface area (Å²) < 4.78 is 12.1. The molecule has 162 valence electrons. The third kappa shape index (κ3) is 5.74. The van der Waals surface area contributed by atoms with Crippen LogP contribution in [0, 0.1) is 10.1 Å². The zero-order chi connectivity index (χ0) is 22.8. The molecule has 0 aliphatic rings. The van der Waals surface area contributed by atoms with Crippen molar-refractivity contribution in [2.75, 3.05) is 5.32 Å². The molecule has 1 heterocycles. The molecule has 0 radical (unpaired) electrons. The predicted octanol–water partition coefficient (Wildman–Crippen LogP) is 6.84. The Hall–Kier alpha value is -2.65. The molecule has 3 rings (SSSR count). The van der Waals surface area contributed by atoms with Gasteiger partial charge in [-0.3, -0.25) is 14.9 Å². The van der Waals surface area contributed by atoms with Gasteiger partial charge in [-0.25, -0.2) is 0 Å². The number of rotatable bonds is 6. The number of ether oxygens (including phenoxy) is 1. The average molecular weight is 552 g/mol. The number of benzene rings is 2. The second kappa shape index (κ2) is 9.23. The topological polar surface area (TPSA) is 94.6 Å². The molecule has 0 saturated carbocycles. The molecule has 0 aliphatic heterocycles. The first kappa shape index (κ1) is 23.0. The van der Waals surface area contributed by atoms with Crippen molar-refractivity contribution in [1.29, 1.82) is 0 Å². The maximum Gasteiger partial charge on any atom is 0.291 e. The summed E-state index contributed by atoms with van der Waals surface area (Å²) in [5.74, 6) is 0.802. The van der Waals surface area contributed by atoms with Gasteiger partial charge >= 0.3 is 0 Å². The van der Waals surface area contributed by atoms with Gasteiger partial charge in [0.25, 0.3) is 11.6 Å². The first-order valence-corrected chi connectivity index (χ1v) is 10.9. The highest BCUT2D eigenvalue weighted by atomic mass is 79.9. The van der Waals surface area contributed by atoms with Crippen molar-refractivity contribution in [3.8, 4) is 5.75 Å². The van der Waals surface area contributed by atoms with Crippen molar-refractivity contribution in [3.63, 3.8) is 0 Å². The molecular formula is C22H20Br2N2O5. The molecule has 2 aromatic carbocycles. The van der Waals surface area contributed by atoms with Gasteiger partial charge < -0.3 is 14.5 Å². The first-order valence-electron chi connectivity index (χ1n) is 9.31. The van der Waals surface area contributed by atoms with Crippen LogP contribution in [0.25, 0.3) is 0 Å². The minimum Gasteiger partial charge on any atom is -0.486 e. The molecule has 1 N–H and O–H groups in total. The number of anilines is 1. The third-order valence-corrected chi connectivity index (χ3v) is 5.71. The maximum absolute atomic E-state index is 12.5. The number of furan rings is 1. The quantitative estimate of drug-likeness (QED) is 0.267. The van der Waals surface area contributed by atoms with Crippen LogP contribution < -0.4 is 10.1 Å². The van der Waals surface area contributed by atoms with E-state index in [1.165, 1.54) is 17.7 Å². The van der Waals surface area contributed by atoms with Crippen LogP contribution in [0.3, 0.4) is 0 Å². The highest BCUT2D eigenvalue weighted by molar-refractivity contribution is 9.11. The van der Waals surface area contributed by atoms with Crippen molar-refractivity contribution in [2.24, 2.45) is 0 Å². The Labute approximate surface area is 196 Å². The van der Waals surface area contributed by atoms with E-state index in [-0.39, 0.29) is 23.5 Å². The molecule has 9 heteroatoms. The van der Waals surface area contributed by atoms with E-state index in [4.69, 9.17) is 9.15 Å². The van der Waals surface area contributed by atoms with E-state index in [1.807, 2.05) is 24.3 Å². The van der Waals surface area contributed by atoms with Crippen molar-refractivity contribution in [3.05, 3.63) is 84.7 Å². The van der Waals surface area contributed by atoms with Crippen molar-refractivity contribution < 1.29 is 18.9 Å². The van der Waals surface area contributed by atoms with Gasteiger partial charge in [-0.2, -0.15) is 0 Å². The van der Waals surface area contributed by atoms with E-state index >= 15 is 0 Å². The summed E-state index contributed by atoms with van der Waals surface area (Å²) in [4.78, 5) is 23.0. The Morgan fingerprint density at radius 2 is 1.71 bits per heavy atom. The predicted molar refractivity (Wildman–Crippen MR) is 125 cm³/mol. The third-order valence-electron chi connectivity index (χ3n) is 4.46. The fourth-order valence-corrected chi connectivity index (χ4v) is 4.10. The summed E-state index contributed by atoms with van der Waals surface area (Å²) in [6.07, 6.45) is 0. The van der Waals surface area contributed by atoms with E-state index in [9.17, 15) is 14.9 Å². The van der Waals surface area contributed by atoms with Crippen LogP contribution >= 0.6 is 31.9 Å². The summed E-state index contributed by atoms with van der Waals surface area (Å²) in [5.41, 5.74) is 1.53. The average Bonchev–Trinajstić information content (AvgIpc) is 3.17. The first-order chi connectivity index (χ1) is 14.5. The van der Waals surface area contributed by atoms with Crippen LogP contribution in [-0.4, -0.2) is 10.8 Å². The van der Waals surface area contributed by atoms with E-state index < -0.39 is 10.8 Å². The number of carbonyl (C=O) groups excluding carboxylic acids is 1. The smallest absolute Gasteiger partial charge is 0.291 e. The number of non-ortho nitro benzene ring substituents is 1. The normalized spacial score (nSPS) is 11.3. The standard InChI is InChI=1S/C22H20Br2N2O5/c1-22(2,3)13-4-6-15(7-5-13)30-12-16-8-9-19(31-16)21(27)25-20-17(23)10-14(26(28)29)11-18(20)24/h4-11H,12H2,1-3H3,(H,25,27). The second-order valence-electron chi connectivity index (χ2n) is 7.82. The van der Waals surface area contributed by atoms with Gasteiger partial charge in [0.2, 0.25) is 0 Å². The highest BCUT2D eigenvalue weighted by Crippen LogP contribution is 2.35. The summed E-state index contributed by atoms with van der Waals surface area (Å²) >= 11 is 6.48. The Balaban J connectivity index is 1.64. The lowest BCUT2D eigenvalue weighted by Gasteiger charge is -2.19. The van der Waals surface area contributed by atoms with Crippen LogP contribution in [0.2, 0.25) is 0 Å². The number of nitrogens with one attached hydrogen (secondary N) is 1. The number of hydrogen-bond acceptors (Lipinski definition) is 5. The highest BCUT2D eigenvalue weighted by Gasteiger charge is 2.19. The largest absolute Gasteiger partial charge is 0.486 e. The molecule has 1 aromatic heterocycles. The lowest BCUT2D eigenvalue weighted by atomic mass is 9.87. The summed E-state index contributed by atoms with van der Waals surface area (Å²) in [5, 5.41) is 13.6. The molecule has 1 amide bonds. The van der Waals surface area contributed by atoms with Crippen LogP contribution in [0.5, 0.6) is 5.75 Å². The number of halogens is 2. The lowest BCUT2D eigenvalue weighted by Crippen LogP contribution is -2.12. The van der Waals surface area contributed by atoms with Gasteiger partial charge in [0.1, 0.15) is 18.1 Å². The monoisotopic (exact) mass is 550 g/mol. The molecule has 0 spiro atoms. The van der Waals surface area contributed by atoms with Crippen LogP contribution in [0.1, 0.15) is 42.6 Å². The molecule has 0 fully saturated rings. The van der Waals surface area contributed by atoms with Gasteiger partial charge in [0.15, 0.2) is 5.76 Å². The number of hydrogen-bond donors (Lipinski definition) is 1. The maximum atomic E-state index is 12.5. The molecule has 0 saturated heterocycles. The SMILES string of the molecule is CC(C)(C)c1ccc(OCc2ccc(C(=O)Nc3c(Br)cc([N+](=O)[O-])cc3Br)o2)cc1. The molecule has 31 heavy (non-hydrogen) atoms. The number of nitro groups is 1. The molecule has 7 nitrogen and oxygen atoms in total. The Morgan fingerprint density at radius 1 is 1.10 bits per heavy atom. The Morgan fingerprint density at radius 3 is 2.26 bits per heavy atom. The van der Waals surface area contributed by atoms with E-state index in [1.54, 1.807) is 12.1 Å². The number of nitro benzene ring substituents is 1. The molecule has 3 aromatic rings. The number of nitrogens with zero attached hydrogens (tertiary/aromatic N) is 1. The Bertz CT molecular complexity index is 1090. The van der Waals surface area contributed by atoms with E-state index in [0.29, 0.717) is 26.1 Å². The van der Waals surface area contributed by atoms with Gasteiger partial charge in [-0.1, -0.05) is 32.9 Å². The molecule has 0 atom stereocenters. The lowest BCUT2D eigenvalue weighted by molar-refractivity contribution is -0.385. The van der Waals surface area contributed by atoms with E-state index in [2.05, 4.69) is 57.9 Å². The van der Waals surface area contributed by atoms with Gasteiger partial charge in [0, 0.05) is 21.1 Å². The van der Waals surface area contributed by atoms with Gasteiger partial charge in [-0.05, 0) is 67.1 Å². The van der Waals surface area contributed by atoms with Crippen LogP contribution in [0.4, 0.5) is 11.4 Å². The zero-order valence-electron chi connectivity index (χ0n) is 17.1. The van der Waals surface area contributed by atoms with Crippen molar-refractivity contribution in [1.82, 2.24) is 0 Å². The van der Waals surface area contributed by atoms with Crippen LogP contribution in [-0.2, 0) is 12.0 Å². The van der Waals surface area contributed by atoms with Crippen molar-refractivity contribution in [2.45, 2.75) is 32.8 Å². The molecule has 0 unspecified atom stereocenters. The summed E-state index contributed by atoms with van der Waals surface area (Å²) in [6.45, 7) is 6.61. The number of amides is 1. The summed E-state index contributed by atoms with van der Waals surface area (Å²) in [7, 11) is 0. The minimum absolute atomic E-state index is 0.0649. The second-order valence-corrected chi connectivity index (χ2v) is 9.53. The van der Waals surface area contributed by atoms with Gasteiger partial charge in [0.05, 0.1) is 10.6 Å². The van der Waals surface area contributed by atoms with Gasteiger partial charge in [-0.15, -0.1) is 0 Å². The number of carbonyl (C=O) groups is 1. The zero-order valence-corrected chi connectivity index (χ0v) is 20.2. The minimum atomic E-state index is -0.517. The molecule has 0 bridgehead atoms. The van der Waals surface area contributed by atoms with E-state index in [0.717, 1.165) is 0 Å².